The van der Waals surface area contributed by atoms with E-state index >= 15 is 0 Å². The van der Waals surface area contributed by atoms with Crippen molar-refractivity contribution < 1.29 is 23.8 Å². The van der Waals surface area contributed by atoms with Crippen LogP contribution in [-0.2, 0) is 11.2 Å². The molecule has 3 rings (SSSR count). The van der Waals surface area contributed by atoms with Crippen LogP contribution in [0.15, 0.2) is 41.1 Å². The summed E-state index contributed by atoms with van der Waals surface area (Å²) in [5, 5.41) is 9.80. The summed E-state index contributed by atoms with van der Waals surface area (Å²) in [5.74, 6) is 0.242. The van der Waals surface area contributed by atoms with Gasteiger partial charge in [0.2, 0.25) is 5.95 Å². The summed E-state index contributed by atoms with van der Waals surface area (Å²) in [7, 11) is 2.92. The molecule has 0 saturated heterocycles. The Bertz CT molecular complexity index is 1060. The van der Waals surface area contributed by atoms with Crippen molar-refractivity contribution in [3.63, 3.8) is 0 Å². The highest BCUT2D eigenvalue weighted by Gasteiger charge is 2.21. The monoisotopic (exact) mass is 396 g/mol. The predicted molar refractivity (Wildman–Crippen MR) is 107 cm³/mol. The molecular formula is C20H20N4O5. The average Bonchev–Trinajstić information content (AvgIpc) is 3.20. The summed E-state index contributed by atoms with van der Waals surface area (Å²) in [6.45, 7) is 0. The third kappa shape index (κ3) is 4.29. The molecule has 1 aromatic carbocycles. The van der Waals surface area contributed by atoms with E-state index in [9.17, 15) is 9.90 Å². The lowest BCUT2D eigenvalue weighted by Crippen LogP contribution is -2.06. The van der Waals surface area contributed by atoms with E-state index in [4.69, 9.17) is 25.4 Å². The van der Waals surface area contributed by atoms with Crippen molar-refractivity contribution in [3.05, 3.63) is 59.2 Å². The van der Waals surface area contributed by atoms with Gasteiger partial charge in [-0.1, -0.05) is 0 Å². The lowest BCUT2D eigenvalue weighted by atomic mass is 9.97. The molecule has 3 aromatic rings. The van der Waals surface area contributed by atoms with Gasteiger partial charge in [-0.25, -0.2) is 9.78 Å². The molecule has 0 fully saturated rings. The number of methoxy groups -OCH3 is 2. The van der Waals surface area contributed by atoms with E-state index in [-0.39, 0.29) is 23.1 Å². The summed E-state index contributed by atoms with van der Waals surface area (Å²) in [4.78, 5) is 19.9. The highest BCUT2D eigenvalue weighted by atomic mass is 16.5. The van der Waals surface area contributed by atoms with Crippen molar-refractivity contribution in [3.8, 4) is 11.5 Å². The number of aliphatic carboxylic acids is 1. The van der Waals surface area contributed by atoms with Gasteiger partial charge in [0, 0.05) is 23.7 Å². The molecule has 0 aliphatic rings. The minimum atomic E-state index is -1.14. The Balaban J connectivity index is 2.14. The van der Waals surface area contributed by atoms with Gasteiger partial charge >= 0.3 is 5.97 Å². The van der Waals surface area contributed by atoms with Crippen molar-refractivity contribution in [1.82, 2.24) is 9.97 Å². The Morgan fingerprint density at radius 3 is 2.66 bits per heavy atom. The predicted octanol–water partition coefficient (Wildman–Crippen LogP) is 2.47. The van der Waals surface area contributed by atoms with Crippen LogP contribution >= 0.6 is 0 Å². The van der Waals surface area contributed by atoms with E-state index in [1.807, 2.05) is 0 Å². The second-order valence-corrected chi connectivity index (χ2v) is 6.07. The van der Waals surface area contributed by atoms with Crippen LogP contribution in [0.2, 0.25) is 0 Å². The fourth-order valence-electron chi connectivity index (χ4n) is 2.88. The Morgan fingerprint density at radius 1 is 1.28 bits per heavy atom. The molecule has 0 saturated carbocycles. The van der Waals surface area contributed by atoms with Crippen molar-refractivity contribution in [2.75, 3.05) is 25.7 Å². The number of aromatic nitrogens is 2. The number of carbonyl (C=O) groups is 1. The second-order valence-electron chi connectivity index (χ2n) is 6.07. The molecule has 0 aliphatic carbocycles. The molecule has 0 spiro atoms. The number of carboxylic acid groups (broad SMARTS) is 1. The van der Waals surface area contributed by atoms with Gasteiger partial charge in [0.25, 0.3) is 0 Å². The number of anilines is 2. The van der Waals surface area contributed by atoms with Crippen LogP contribution in [0.25, 0.3) is 11.6 Å². The molecule has 2 heterocycles. The highest BCUT2D eigenvalue weighted by molar-refractivity contribution is 6.21. The standard InChI is InChI=1S/C20H20N4O5/c1-27-16-8-11(6-12-10-23-20(22)24-18(12)21)7-14(17(16)28-2)15(19(25)26)9-13-4-3-5-29-13/h3-5,7-10H,6H2,1-2H3,(H,25,26)(H4,21,22,23,24)/b15-9-. The van der Waals surface area contributed by atoms with Crippen molar-refractivity contribution in [2.24, 2.45) is 0 Å². The lowest BCUT2D eigenvalue weighted by Gasteiger charge is -2.16. The zero-order valence-electron chi connectivity index (χ0n) is 15.9. The zero-order valence-corrected chi connectivity index (χ0v) is 15.9. The number of nitrogens with two attached hydrogens (primary N) is 2. The summed E-state index contributed by atoms with van der Waals surface area (Å²) < 4.78 is 16.1. The van der Waals surface area contributed by atoms with Crippen LogP contribution in [0.5, 0.6) is 11.5 Å². The first kappa shape index (κ1) is 19.7. The normalized spacial score (nSPS) is 11.3. The molecular weight excluding hydrogens is 376 g/mol. The second kappa shape index (κ2) is 8.34. The molecule has 150 valence electrons. The first-order valence-electron chi connectivity index (χ1n) is 8.53. The van der Waals surface area contributed by atoms with Crippen LogP contribution in [0.4, 0.5) is 11.8 Å². The van der Waals surface area contributed by atoms with Crippen LogP contribution in [0, 0.1) is 0 Å². The number of benzene rings is 1. The molecule has 0 amide bonds. The lowest BCUT2D eigenvalue weighted by molar-refractivity contribution is -0.130. The van der Waals surface area contributed by atoms with Gasteiger partial charge < -0.3 is 30.5 Å². The maximum atomic E-state index is 12.0. The Kier molecular flexibility index (Phi) is 5.68. The number of hydrogen-bond donors (Lipinski definition) is 3. The molecule has 0 radical (unpaired) electrons. The van der Waals surface area contributed by atoms with Gasteiger partial charge in [-0.3, -0.25) is 0 Å². The average molecular weight is 396 g/mol. The fourth-order valence-corrected chi connectivity index (χ4v) is 2.88. The number of nitrogen functional groups attached to an aromatic ring is 2. The molecule has 0 bridgehead atoms. The smallest absolute Gasteiger partial charge is 0.336 e. The third-order valence-corrected chi connectivity index (χ3v) is 4.20. The van der Waals surface area contributed by atoms with E-state index < -0.39 is 5.97 Å². The minimum Gasteiger partial charge on any atom is -0.493 e. The summed E-state index contributed by atoms with van der Waals surface area (Å²) in [6, 6.07) is 6.76. The largest absolute Gasteiger partial charge is 0.493 e. The van der Waals surface area contributed by atoms with Crippen LogP contribution in [0.3, 0.4) is 0 Å². The SMILES string of the molecule is COc1cc(Cc2cnc(N)nc2N)cc(/C(=C/c2ccco2)C(=O)O)c1OC. The van der Waals surface area contributed by atoms with Gasteiger partial charge in [0.15, 0.2) is 11.5 Å². The molecule has 2 aromatic heterocycles. The number of ether oxygens (including phenoxy) is 2. The molecule has 5 N–H and O–H groups in total. The fraction of sp³-hybridized carbons (Fsp3) is 0.150. The summed E-state index contributed by atoms with van der Waals surface area (Å²) >= 11 is 0. The zero-order chi connectivity index (χ0) is 21.0. The first-order chi connectivity index (χ1) is 13.9. The Labute approximate surface area is 166 Å². The number of rotatable bonds is 7. The van der Waals surface area contributed by atoms with Crippen LogP contribution in [0.1, 0.15) is 22.5 Å². The maximum absolute atomic E-state index is 12.0. The summed E-state index contributed by atoms with van der Waals surface area (Å²) in [5.41, 5.74) is 13.2. The molecule has 0 aliphatic heterocycles. The van der Waals surface area contributed by atoms with E-state index in [0.29, 0.717) is 29.1 Å². The van der Waals surface area contributed by atoms with Gasteiger partial charge in [-0.2, -0.15) is 4.98 Å². The van der Waals surface area contributed by atoms with E-state index in [1.54, 1.807) is 24.3 Å². The van der Waals surface area contributed by atoms with Gasteiger partial charge in [0.1, 0.15) is 11.6 Å². The molecule has 29 heavy (non-hydrogen) atoms. The Hall–Kier alpha value is -4.01. The molecule has 0 atom stereocenters. The number of carboxylic acids is 1. The van der Waals surface area contributed by atoms with Gasteiger partial charge in [-0.15, -0.1) is 0 Å². The Morgan fingerprint density at radius 2 is 2.07 bits per heavy atom. The first-order valence-corrected chi connectivity index (χ1v) is 8.53. The van der Waals surface area contributed by atoms with Crippen LogP contribution < -0.4 is 20.9 Å². The van der Waals surface area contributed by atoms with Gasteiger partial charge in [-0.05, 0) is 35.9 Å². The quantitative estimate of drug-likeness (QED) is 0.512. The number of hydrogen-bond acceptors (Lipinski definition) is 8. The third-order valence-electron chi connectivity index (χ3n) is 4.20. The summed E-state index contributed by atoms with van der Waals surface area (Å²) in [6.07, 6.45) is 4.76. The van der Waals surface area contributed by atoms with Crippen molar-refractivity contribution >= 4 is 29.4 Å². The highest BCUT2D eigenvalue weighted by Crippen LogP contribution is 2.38. The molecule has 9 nitrogen and oxygen atoms in total. The number of furan rings is 1. The van der Waals surface area contributed by atoms with Crippen molar-refractivity contribution in [2.45, 2.75) is 6.42 Å². The van der Waals surface area contributed by atoms with E-state index in [2.05, 4.69) is 9.97 Å². The van der Waals surface area contributed by atoms with Crippen LogP contribution in [-0.4, -0.2) is 35.3 Å². The van der Waals surface area contributed by atoms with Crippen molar-refractivity contribution in [1.29, 1.82) is 0 Å². The topological polar surface area (TPSA) is 147 Å². The maximum Gasteiger partial charge on any atom is 0.336 e. The van der Waals surface area contributed by atoms with E-state index in [1.165, 1.54) is 32.8 Å². The molecule has 9 heteroatoms. The minimum absolute atomic E-state index is 0.0153. The van der Waals surface area contributed by atoms with E-state index in [0.717, 1.165) is 5.56 Å². The van der Waals surface area contributed by atoms with Gasteiger partial charge in [0.05, 0.1) is 26.1 Å². The molecule has 0 unspecified atom stereocenters. The number of nitrogens with zero attached hydrogens (tertiary/aromatic N) is 2.